The van der Waals surface area contributed by atoms with Gasteiger partial charge in [-0.05, 0) is 60.9 Å². The zero-order valence-electron chi connectivity index (χ0n) is 13.2. The van der Waals surface area contributed by atoms with Gasteiger partial charge in [-0.25, -0.2) is 0 Å². The minimum absolute atomic E-state index is 0.322. The van der Waals surface area contributed by atoms with Gasteiger partial charge in [0.2, 0.25) is 0 Å². The summed E-state index contributed by atoms with van der Waals surface area (Å²) in [6.07, 6.45) is 7.09. The molecule has 3 rings (SSSR count). The highest BCUT2D eigenvalue weighted by Crippen LogP contribution is 2.44. The van der Waals surface area contributed by atoms with Crippen molar-refractivity contribution in [3.63, 3.8) is 0 Å². The molecule has 0 atom stereocenters. The second-order valence-electron chi connectivity index (χ2n) is 6.71. The molecule has 0 bridgehead atoms. The molecule has 20 heavy (non-hydrogen) atoms. The van der Waals surface area contributed by atoms with Gasteiger partial charge in [-0.3, -0.25) is 0 Å². The average Bonchev–Trinajstić information content (AvgIpc) is 2.75. The number of fused-ring (bicyclic) bond motifs is 2. The zero-order valence-corrected chi connectivity index (χ0v) is 13.2. The molecule has 0 aliphatic heterocycles. The first-order valence-corrected chi connectivity index (χ1v) is 7.83. The van der Waals surface area contributed by atoms with Gasteiger partial charge in [0.15, 0.2) is 0 Å². The van der Waals surface area contributed by atoms with E-state index in [0.29, 0.717) is 5.41 Å². The van der Waals surface area contributed by atoms with Gasteiger partial charge < -0.3 is 4.90 Å². The molecule has 1 aromatic carbocycles. The Labute approximate surface area is 123 Å². The number of nitrogens with zero attached hydrogens (tertiary/aromatic N) is 1. The standard InChI is InChI=1S/C19H25N/c1-5-20(6-2)16-8-7-14-11-15-13-19(3,4)10-9-17(15)18(14)12-16/h7-10,12H,5-6,11,13H2,1-4H3. The number of benzene rings is 1. The highest BCUT2D eigenvalue weighted by Gasteiger charge is 2.28. The Morgan fingerprint density at radius 2 is 1.90 bits per heavy atom. The van der Waals surface area contributed by atoms with Crippen LogP contribution in [-0.2, 0) is 6.42 Å². The minimum Gasteiger partial charge on any atom is -0.372 e. The highest BCUT2D eigenvalue weighted by atomic mass is 15.1. The van der Waals surface area contributed by atoms with E-state index in [-0.39, 0.29) is 0 Å². The predicted octanol–water partition coefficient (Wildman–Crippen LogP) is 4.83. The number of hydrogen-bond donors (Lipinski definition) is 0. The topological polar surface area (TPSA) is 3.24 Å². The summed E-state index contributed by atoms with van der Waals surface area (Å²) in [6, 6.07) is 7.02. The summed E-state index contributed by atoms with van der Waals surface area (Å²) in [4.78, 5) is 2.43. The van der Waals surface area contributed by atoms with Gasteiger partial charge in [0.1, 0.15) is 0 Å². The Hall–Kier alpha value is -1.50. The third-order valence-corrected chi connectivity index (χ3v) is 4.67. The van der Waals surface area contributed by atoms with Gasteiger partial charge in [0, 0.05) is 18.8 Å². The Morgan fingerprint density at radius 3 is 2.60 bits per heavy atom. The van der Waals surface area contributed by atoms with Crippen LogP contribution in [0.4, 0.5) is 5.69 Å². The smallest absolute Gasteiger partial charge is 0.0372 e. The fraction of sp³-hybridized carbons (Fsp3) is 0.474. The molecule has 0 aromatic heterocycles. The van der Waals surface area contributed by atoms with E-state index in [1.54, 1.807) is 5.57 Å². The molecular formula is C19H25N. The fourth-order valence-corrected chi connectivity index (χ4v) is 3.55. The van der Waals surface area contributed by atoms with E-state index < -0.39 is 0 Å². The number of hydrogen-bond acceptors (Lipinski definition) is 1. The van der Waals surface area contributed by atoms with Crippen LogP contribution in [0.15, 0.2) is 35.9 Å². The van der Waals surface area contributed by atoms with Gasteiger partial charge in [0.25, 0.3) is 0 Å². The van der Waals surface area contributed by atoms with Crippen LogP contribution in [0.2, 0.25) is 0 Å². The van der Waals surface area contributed by atoms with Crippen molar-refractivity contribution in [3.8, 4) is 0 Å². The molecule has 106 valence electrons. The molecule has 1 aromatic rings. The van der Waals surface area contributed by atoms with Crippen molar-refractivity contribution < 1.29 is 0 Å². The van der Waals surface area contributed by atoms with Crippen LogP contribution >= 0.6 is 0 Å². The van der Waals surface area contributed by atoms with E-state index in [2.05, 4.69) is 62.9 Å². The quantitative estimate of drug-likeness (QED) is 0.758. The first-order chi connectivity index (χ1) is 9.54. The normalized spacial score (nSPS) is 19.0. The first-order valence-electron chi connectivity index (χ1n) is 7.83. The first kappa shape index (κ1) is 13.5. The summed E-state index contributed by atoms with van der Waals surface area (Å²) in [6.45, 7) is 11.3. The molecule has 0 heterocycles. The molecular weight excluding hydrogens is 242 g/mol. The lowest BCUT2D eigenvalue weighted by Crippen LogP contribution is -2.21. The van der Waals surface area contributed by atoms with Crippen molar-refractivity contribution >= 4 is 11.3 Å². The van der Waals surface area contributed by atoms with E-state index in [9.17, 15) is 0 Å². The van der Waals surface area contributed by atoms with Crippen LogP contribution in [0.1, 0.15) is 45.2 Å². The molecule has 0 spiro atoms. The monoisotopic (exact) mass is 267 g/mol. The predicted molar refractivity (Wildman–Crippen MR) is 88.2 cm³/mol. The van der Waals surface area contributed by atoms with E-state index in [1.807, 2.05) is 0 Å². The van der Waals surface area contributed by atoms with Crippen molar-refractivity contribution in [1.82, 2.24) is 0 Å². The molecule has 0 saturated carbocycles. The maximum atomic E-state index is 2.43. The zero-order chi connectivity index (χ0) is 14.3. The summed E-state index contributed by atoms with van der Waals surface area (Å²) >= 11 is 0. The van der Waals surface area contributed by atoms with E-state index in [0.717, 1.165) is 19.5 Å². The SMILES string of the molecule is CCN(CC)c1ccc2c(c1)C1=C(C2)CC(C)(C)C=C1. The molecule has 1 nitrogen and oxygen atoms in total. The molecule has 0 N–H and O–H groups in total. The van der Waals surface area contributed by atoms with Crippen molar-refractivity contribution in [1.29, 1.82) is 0 Å². The molecule has 0 radical (unpaired) electrons. The van der Waals surface area contributed by atoms with E-state index >= 15 is 0 Å². The van der Waals surface area contributed by atoms with Crippen LogP contribution in [0.5, 0.6) is 0 Å². The third-order valence-electron chi connectivity index (χ3n) is 4.67. The van der Waals surface area contributed by atoms with E-state index in [1.165, 1.54) is 28.8 Å². The summed E-state index contributed by atoms with van der Waals surface area (Å²) in [5, 5.41) is 0. The number of rotatable bonds is 3. The second kappa shape index (κ2) is 4.80. The second-order valence-corrected chi connectivity index (χ2v) is 6.71. The van der Waals surface area contributed by atoms with Gasteiger partial charge in [0.05, 0.1) is 0 Å². The fourth-order valence-electron chi connectivity index (χ4n) is 3.55. The molecule has 1 heteroatoms. The molecule has 0 fully saturated rings. The average molecular weight is 267 g/mol. The van der Waals surface area contributed by atoms with Crippen molar-refractivity contribution in [3.05, 3.63) is 47.1 Å². The van der Waals surface area contributed by atoms with Crippen molar-refractivity contribution in [2.75, 3.05) is 18.0 Å². The molecule has 0 unspecified atom stereocenters. The van der Waals surface area contributed by atoms with Crippen LogP contribution in [0.3, 0.4) is 0 Å². The maximum Gasteiger partial charge on any atom is 0.0372 e. The number of anilines is 1. The number of allylic oxidation sites excluding steroid dienone is 4. The van der Waals surface area contributed by atoms with Crippen LogP contribution in [0.25, 0.3) is 5.57 Å². The summed E-state index contributed by atoms with van der Waals surface area (Å²) in [5.74, 6) is 0. The van der Waals surface area contributed by atoms with Gasteiger partial charge in [-0.1, -0.05) is 37.6 Å². The van der Waals surface area contributed by atoms with Gasteiger partial charge in [-0.2, -0.15) is 0 Å². The summed E-state index contributed by atoms with van der Waals surface area (Å²) in [7, 11) is 0. The third kappa shape index (κ3) is 2.19. The summed E-state index contributed by atoms with van der Waals surface area (Å²) in [5.41, 5.74) is 7.78. The van der Waals surface area contributed by atoms with Crippen LogP contribution in [0, 0.1) is 5.41 Å². The summed E-state index contributed by atoms with van der Waals surface area (Å²) < 4.78 is 0. The maximum absolute atomic E-state index is 2.43. The van der Waals surface area contributed by atoms with Crippen LogP contribution < -0.4 is 4.90 Å². The Morgan fingerprint density at radius 1 is 1.15 bits per heavy atom. The molecule has 2 aliphatic rings. The Bertz CT molecular complexity index is 586. The lowest BCUT2D eigenvalue weighted by molar-refractivity contribution is 0.469. The largest absolute Gasteiger partial charge is 0.372 e. The Kier molecular flexibility index (Phi) is 3.24. The van der Waals surface area contributed by atoms with Crippen molar-refractivity contribution in [2.45, 2.75) is 40.5 Å². The minimum atomic E-state index is 0.322. The Balaban J connectivity index is 1.98. The molecule has 2 aliphatic carbocycles. The van der Waals surface area contributed by atoms with E-state index in [4.69, 9.17) is 0 Å². The van der Waals surface area contributed by atoms with Gasteiger partial charge in [-0.15, -0.1) is 0 Å². The highest BCUT2D eigenvalue weighted by molar-refractivity contribution is 5.85. The molecule has 0 amide bonds. The van der Waals surface area contributed by atoms with Crippen molar-refractivity contribution in [2.24, 2.45) is 5.41 Å². The molecule has 0 saturated heterocycles. The van der Waals surface area contributed by atoms with Crippen LogP contribution in [-0.4, -0.2) is 13.1 Å². The van der Waals surface area contributed by atoms with Gasteiger partial charge >= 0.3 is 0 Å². The lowest BCUT2D eigenvalue weighted by Gasteiger charge is -2.25. The lowest BCUT2D eigenvalue weighted by atomic mass is 9.80.